The van der Waals surface area contributed by atoms with E-state index in [4.69, 9.17) is 0 Å². The number of rotatable bonds is 5. The highest BCUT2D eigenvalue weighted by Gasteiger charge is 2.21. The number of benzene rings is 1. The molecule has 1 aliphatic rings. The molecule has 0 spiro atoms. The maximum Gasteiger partial charge on any atom is 0.284 e. The molecule has 1 N–H and O–H groups in total. The van der Waals surface area contributed by atoms with E-state index in [1.807, 2.05) is 25.8 Å². The molecule has 2 aromatic rings. The summed E-state index contributed by atoms with van der Waals surface area (Å²) in [6.07, 6.45) is 1.54. The summed E-state index contributed by atoms with van der Waals surface area (Å²) in [5.41, 5.74) is 1.08. The third-order valence-corrected chi connectivity index (χ3v) is 7.22. The van der Waals surface area contributed by atoms with Crippen LogP contribution in [0, 0.1) is 6.92 Å². The number of likely N-dealkylation sites (tertiary alicyclic amines) is 1. The summed E-state index contributed by atoms with van der Waals surface area (Å²) in [4.78, 5) is 19.5. The number of anilines is 1. The van der Waals surface area contributed by atoms with Crippen molar-refractivity contribution in [3.8, 4) is 0 Å². The summed E-state index contributed by atoms with van der Waals surface area (Å²) in [5.74, 6) is 0.515. The number of hydrogen-bond donors (Lipinski definition) is 1. The number of hydrogen-bond acceptors (Lipinski definition) is 5. The number of carbonyl (C=O) groups is 1. The van der Waals surface area contributed by atoms with Crippen LogP contribution in [0.1, 0.15) is 53.0 Å². The Morgan fingerprint density at radius 1 is 1.36 bits per heavy atom. The summed E-state index contributed by atoms with van der Waals surface area (Å²) in [6.45, 7) is 6.65. The van der Waals surface area contributed by atoms with Crippen LogP contribution in [0.3, 0.4) is 0 Å². The van der Waals surface area contributed by atoms with E-state index in [0.29, 0.717) is 28.5 Å². The minimum absolute atomic E-state index is 0.0574. The fourth-order valence-corrected chi connectivity index (χ4v) is 5.00. The number of amides is 1. The minimum Gasteiger partial charge on any atom is -0.362 e. The van der Waals surface area contributed by atoms with Gasteiger partial charge in [0.15, 0.2) is 0 Å². The third kappa shape index (κ3) is 4.41. The molecule has 0 unspecified atom stereocenters. The molecule has 7 nitrogen and oxygen atoms in total. The molecule has 1 aromatic carbocycles. The zero-order valence-electron chi connectivity index (χ0n) is 16.4. The molecule has 0 radical (unpaired) electrons. The van der Waals surface area contributed by atoms with Crippen molar-refractivity contribution in [2.75, 3.05) is 18.9 Å². The Hall–Kier alpha value is -2.26. The molecule has 9 heteroatoms. The van der Waals surface area contributed by atoms with Crippen LogP contribution in [0.4, 0.5) is 5.69 Å². The van der Waals surface area contributed by atoms with Crippen molar-refractivity contribution in [1.29, 1.82) is 0 Å². The lowest BCUT2D eigenvalue weighted by Crippen LogP contribution is -2.20. The van der Waals surface area contributed by atoms with Crippen molar-refractivity contribution in [3.05, 3.63) is 39.8 Å². The first-order chi connectivity index (χ1) is 13.2. The van der Waals surface area contributed by atoms with E-state index >= 15 is 0 Å². The molecule has 1 aliphatic heterocycles. The Kier molecular flexibility index (Phi) is 5.85. The highest BCUT2D eigenvalue weighted by Crippen LogP contribution is 2.26. The van der Waals surface area contributed by atoms with Gasteiger partial charge in [0, 0.05) is 31.6 Å². The average Bonchev–Trinajstić information content (AvgIpc) is 3.21. The summed E-state index contributed by atoms with van der Waals surface area (Å²) in [7, 11) is -2.00. The SMILES string of the molecule is Cc1nc(C(C)C)sc1C(=O)Nc1cccc(S(=O)(=O)N=C2CCCN2C)c1. The van der Waals surface area contributed by atoms with Crippen LogP contribution >= 0.6 is 11.3 Å². The second kappa shape index (κ2) is 8.00. The van der Waals surface area contributed by atoms with Crippen molar-refractivity contribution >= 4 is 38.8 Å². The number of thiazole rings is 1. The van der Waals surface area contributed by atoms with Gasteiger partial charge in [0.1, 0.15) is 10.7 Å². The van der Waals surface area contributed by atoms with Gasteiger partial charge in [0.2, 0.25) is 0 Å². The Morgan fingerprint density at radius 2 is 2.11 bits per heavy atom. The monoisotopic (exact) mass is 420 g/mol. The first-order valence-electron chi connectivity index (χ1n) is 9.11. The van der Waals surface area contributed by atoms with E-state index in [2.05, 4.69) is 14.7 Å². The molecule has 0 atom stereocenters. The van der Waals surface area contributed by atoms with Crippen LogP contribution < -0.4 is 5.32 Å². The number of nitrogens with one attached hydrogen (secondary N) is 1. The van der Waals surface area contributed by atoms with Crippen LogP contribution in [-0.2, 0) is 10.0 Å². The van der Waals surface area contributed by atoms with Crippen LogP contribution in [-0.4, -0.2) is 43.6 Å². The standard InChI is InChI=1S/C19H24N4O3S2/c1-12(2)19-20-13(3)17(27-19)18(24)21-14-7-5-8-15(11-14)28(25,26)22-16-9-6-10-23(16)4/h5,7-8,11-12H,6,9-10H2,1-4H3,(H,21,24). The number of nitrogens with zero attached hydrogens (tertiary/aromatic N) is 3. The molecular formula is C19H24N4O3S2. The molecule has 150 valence electrons. The average molecular weight is 421 g/mol. The van der Waals surface area contributed by atoms with Crippen molar-refractivity contribution in [3.63, 3.8) is 0 Å². The summed E-state index contributed by atoms with van der Waals surface area (Å²) >= 11 is 1.36. The topological polar surface area (TPSA) is 91.7 Å². The lowest BCUT2D eigenvalue weighted by Gasteiger charge is -2.11. The van der Waals surface area contributed by atoms with Gasteiger partial charge >= 0.3 is 0 Å². The van der Waals surface area contributed by atoms with E-state index < -0.39 is 10.0 Å². The zero-order valence-corrected chi connectivity index (χ0v) is 18.0. The molecule has 1 aromatic heterocycles. The molecule has 0 bridgehead atoms. The summed E-state index contributed by atoms with van der Waals surface area (Å²) in [6, 6.07) is 6.18. The molecular weight excluding hydrogens is 396 g/mol. The Balaban J connectivity index is 1.83. The molecule has 2 heterocycles. The van der Waals surface area contributed by atoms with Gasteiger partial charge in [-0.3, -0.25) is 4.79 Å². The highest BCUT2D eigenvalue weighted by molar-refractivity contribution is 7.90. The van der Waals surface area contributed by atoms with Crippen LogP contribution in [0.25, 0.3) is 0 Å². The molecule has 0 saturated carbocycles. The van der Waals surface area contributed by atoms with Gasteiger partial charge in [-0.1, -0.05) is 19.9 Å². The molecule has 28 heavy (non-hydrogen) atoms. The maximum atomic E-state index is 12.6. The van der Waals surface area contributed by atoms with Crippen LogP contribution in [0.2, 0.25) is 0 Å². The lowest BCUT2D eigenvalue weighted by molar-refractivity contribution is 0.102. The largest absolute Gasteiger partial charge is 0.362 e. The Morgan fingerprint density at radius 3 is 2.71 bits per heavy atom. The van der Waals surface area contributed by atoms with Gasteiger partial charge in [-0.15, -0.1) is 15.7 Å². The fourth-order valence-electron chi connectivity index (χ4n) is 2.90. The number of sulfonamides is 1. The van der Waals surface area contributed by atoms with E-state index in [-0.39, 0.29) is 16.7 Å². The smallest absolute Gasteiger partial charge is 0.284 e. The molecule has 0 aliphatic carbocycles. The summed E-state index contributed by atoms with van der Waals surface area (Å²) in [5, 5.41) is 3.67. The van der Waals surface area contributed by atoms with E-state index in [1.54, 1.807) is 19.1 Å². The van der Waals surface area contributed by atoms with Crippen molar-refractivity contribution in [2.24, 2.45) is 4.40 Å². The number of carbonyl (C=O) groups excluding carboxylic acids is 1. The predicted molar refractivity (Wildman–Crippen MR) is 112 cm³/mol. The lowest BCUT2D eigenvalue weighted by atomic mass is 10.2. The van der Waals surface area contributed by atoms with Gasteiger partial charge in [-0.25, -0.2) is 4.98 Å². The van der Waals surface area contributed by atoms with Gasteiger partial charge < -0.3 is 10.2 Å². The van der Waals surface area contributed by atoms with Gasteiger partial charge in [0.25, 0.3) is 15.9 Å². The quantitative estimate of drug-likeness (QED) is 0.797. The molecule has 1 fully saturated rings. The van der Waals surface area contributed by atoms with E-state index in [0.717, 1.165) is 18.0 Å². The van der Waals surface area contributed by atoms with Gasteiger partial charge in [-0.2, -0.15) is 8.42 Å². The van der Waals surface area contributed by atoms with E-state index in [9.17, 15) is 13.2 Å². The van der Waals surface area contributed by atoms with Crippen molar-refractivity contribution < 1.29 is 13.2 Å². The third-order valence-electron chi connectivity index (χ3n) is 4.46. The predicted octanol–water partition coefficient (Wildman–Crippen LogP) is 3.64. The second-order valence-electron chi connectivity index (χ2n) is 7.11. The summed E-state index contributed by atoms with van der Waals surface area (Å²) < 4.78 is 29.2. The van der Waals surface area contributed by atoms with E-state index in [1.165, 1.54) is 23.5 Å². The van der Waals surface area contributed by atoms with Crippen LogP contribution in [0.5, 0.6) is 0 Å². The zero-order chi connectivity index (χ0) is 20.5. The van der Waals surface area contributed by atoms with Gasteiger partial charge in [0.05, 0.1) is 15.6 Å². The maximum absolute atomic E-state index is 12.6. The normalized spacial score (nSPS) is 16.2. The molecule has 1 saturated heterocycles. The first-order valence-corrected chi connectivity index (χ1v) is 11.4. The van der Waals surface area contributed by atoms with Gasteiger partial charge in [-0.05, 0) is 31.5 Å². The minimum atomic E-state index is -3.83. The van der Waals surface area contributed by atoms with Crippen molar-refractivity contribution in [1.82, 2.24) is 9.88 Å². The van der Waals surface area contributed by atoms with Crippen molar-refractivity contribution in [2.45, 2.75) is 44.4 Å². The Bertz CT molecular complexity index is 1030. The fraction of sp³-hybridized carbons (Fsp3) is 0.421. The molecule has 3 rings (SSSR count). The molecule has 1 amide bonds. The number of amidine groups is 1. The number of aromatic nitrogens is 1. The van der Waals surface area contributed by atoms with Crippen LogP contribution in [0.15, 0.2) is 33.6 Å². The second-order valence-corrected chi connectivity index (χ2v) is 9.75. The first kappa shape index (κ1) is 20.5. The Labute approximate surface area is 169 Å². The number of aryl methyl sites for hydroxylation is 1. The highest BCUT2D eigenvalue weighted by atomic mass is 32.2.